The summed E-state index contributed by atoms with van der Waals surface area (Å²) >= 11 is 0. The van der Waals surface area contributed by atoms with Crippen LogP contribution in [0.1, 0.15) is 6.42 Å². The van der Waals surface area contributed by atoms with Gasteiger partial charge in [-0.15, -0.1) is 0 Å². The third kappa shape index (κ3) is 4.92. The number of carbonyl (C=O) groups is 2. The first kappa shape index (κ1) is 14.1. The SMILES string of the molecule is CN(CCC(=O)O)CC(=O)Nc1ccccc1F. The Bertz CT molecular complexity index is 437. The Morgan fingerprint density at radius 2 is 2.06 bits per heavy atom. The van der Waals surface area contributed by atoms with E-state index in [0.717, 1.165) is 0 Å². The fourth-order valence-electron chi connectivity index (χ4n) is 1.36. The largest absolute Gasteiger partial charge is 0.481 e. The molecule has 0 unspecified atom stereocenters. The Balaban J connectivity index is 2.42. The van der Waals surface area contributed by atoms with Crippen molar-refractivity contribution in [2.24, 2.45) is 0 Å². The number of likely N-dealkylation sites (N-methyl/N-ethyl adjacent to an activating group) is 1. The van der Waals surface area contributed by atoms with E-state index in [2.05, 4.69) is 5.32 Å². The van der Waals surface area contributed by atoms with Crippen molar-refractivity contribution in [3.8, 4) is 0 Å². The molecule has 1 amide bonds. The minimum absolute atomic E-state index is 0.0155. The number of rotatable bonds is 6. The zero-order chi connectivity index (χ0) is 13.5. The van der Waals surface area contributed by atoms with Crippen molar-refractivity contribution in [3.05, 3.63) is 30.1 Å². The van der Waals surface area contributed by atoms with E-state index >= 15 is 0 Å². The van der Waals surface area contributed by atoms with Gasteiger partial charge in [-0.05, 0) is 19.2 Å². The maximum atomic E-state index is 13.2. The molecule has 1 aromatic rings. The number of hydrogen-bond acceptors (Lipinski definition) is 3. The average molecular weight is 254 g/mol. The number of amides is 1. The first-order chi connectivity index (χ1) is 8.49. The highest BCUT2D eigenvalue weighted by molar-refractivity contribution is 5.92. The molecule has 0 saturated heterocycles. The Morgan fingerprint density at radius 1 is 1.39 bits per heavy atom. The van der Waals surface area contributed by atoms with Crippen molar-refractivity contribution in [1.82, 2.24) is 4.90 Å². The molecule has 0 bridgehead atoms. The smallest absolute Gasteiger partial charge is 0.304 e. The second-order valence-electron chi connectivity index (χ2n) is 3.91. The second kappa shape index (κ2) is 6.70. The van der Waals surface area contributed by atoms with Gasteiger partial charge in [-0.1, -0.05) is 12.1 Å². The van der Waals surface area contributed by atoms with Crippen LogP contribution in [0.25, 0.3) is 0 Å². The minimum Gasteiger partial charge on any atom is -0.481 e. The Kier molecular flexibility index (Phi) is 5.26. The van der Waals surface area contributed by atoms with Crippen LogP contribution in [-0.2, 0) is 9.59 Å². The van der Waals surface area contributed by atoms with Gasteiger partial charge in [0.15, 0.2) is 0 Å². The van der Waals surface area contributed by atoms with Crippen LogP contribution in [0.2, 0.25) is 0 Å². The molecule has 0 fully saturated rings. The maximum Gasteiger partial charge on any atom is 0.304 e. The number of hydrogen-bond donors (Lipinski definition) is 2. The molecule has 0 aromatic heterocycles. The standard InChI is InChI=1S/C12H15FN2O3/c1-15(7-6-12(17)18)8-11(16)14-10-5-3-2-4-9(10)13/h2-5H,6-8H2,1H3,(H,14,16)(H,17,18). The normalized spacial score (nSPS) is 10.4. The lowest BCUT2D eigenvalue weighted by atomic mass is 10.3. The van der Waals surface area contributed by atoms with Crippen molar-refractivity contribution in [2.75, 3.05) is 25.5 Å². The molecule has 6 heteroatoms. The predicted octanol–water partition coefficient (Wildman–Crippen LogP) is 1.17. The first-order valence-electron chi connectivity index (χ1n) is 5.43. The molecule has 0 spiro atoms. The zero-order valence-corrected chi connectivity index (χ0v) is 10.0. The highest BCUT2D eigenvalue weighted by Crippen LogP contribution is 2.11. The summed E-state index contributed by atoms with van der Waals surface area (Å²) in [5.74, 6) is -1.80. The van der Waals surface area contributed by atoms with Crippen molar-refractivity contribution in [1.29, 1.82) is 0 Å². The van der Waals surface area contributed by atoms with Gasteiger partial charge in [0.1, 0.15) is 5.82 Å². The number of carboxylic acids is 1. The number of nitrogens with one attached hydrogen (secondary N) is 1. The van der Waals surface area contributed by atoms with E-state index in [4.69, 9.17) is 5.11 Å². The van der Waals surface area contributed by atoms with Crippen molar-refractivity contribution < 1.29 is 19.1 Å². The molecular formula is C12H15FN2O3. The van der Waals surface area contributed by atoms with Crippen LogP contribution in [0.4, 0.5) is 10.1 Å². The molecule has 2 N–H and O–H groups in total. The summed E-state index contributed by atoms with van der Waals surface area (Å²) in [5.41, 5.74) is 0.120. The number of nitrogens with zero attached hydrogens (tertiary/aromatic N) is 1. The molecule has 0 radical (unpaired) electrons. The van der Waals surface area contributed by atoms with Crippen LogP contribution < -0.4 is 5.32 Å². The summed E-state index contributed by atoms with van der Waals surface area (Å²) in [7, 11) is 1.63. The van der Waals surface area contributed by atoms with Gasteiger partial charge in [0.2, 0.25) is 5.91 Å². The highest BCUT2D eigenvalue weighted by atomic mass is 19.1. The average Bonchev–Trinajstić information content (AvgIpc) is 2.29. The lowest BCUT2D eigenvalue weighted by Crippen LogP contribution is -2.31. The lowest BCUT2D eigenvalue weighted by Gasteiger charge is -2.15. The van der Waals surface area contributed by atoms with E-state index in [-0.39, 0.29) is 31.1 Å². The molecule has 5 nitrogen and oxygen atoms in total. The number of halogens is 1. The third-order valence-corrected chi connectivity index (χ3v) is 2.27. The summed E-state index contributed by atoms with van der Waals surface area (Å²) in [6.07, 6.45) is -0.0382. The van der Waals surface area contributed by atoms with Crippen LogP contribution in [-0.4, -0.2) is 42.0 Å². The summed E-state index contributed by atoms with van der Waals surface area (Å²) in [5, 5.41) is 10.9. The maximum absolute atomic E-state index is 13.2. The summed E-state index contributed by atoms with van der Waals surface area (Å²) < 4.78 is 13.2. The molecular weight excluding hydrogens is 239 g/mol. The molecule has 1 aromatic carbocycles. The molecule has 18 heavy (non-hydrogen) atoms. The van der Waals surface area contributed by atoms with Gasteiger partial charge in [-0.2, -0.15) is 0 Å². The predicted molar refractivity (Wildman–Crippen MR) is 64.8 cm³/mol. The summed E-state index contributed by atoms with van der Waals surface area (Å²) in [4.78, 5) is 23.5. The van der Waals surface area contributed by atoms with Crippen molar-refractivity contribution in [2.45, 2.75) is 6.42 Å². The van der Waals surface area contributed by atoms with Gasteiger partial charge in [0.25, 0.3) is 0 Å². The van der Waals surface area contributed by atoms with E-state index in [1.54, 1.807) is 18.0 Å². The minimum atomic E-state index is -0.920. The fourth-order valence-corrected chi connectivity index (χ4v) is 1.36. The molecule has 1 rings (SSSR count). The van der Waals surface area contributed by atoms with E-state index in [0.29, 0.717) is 0 Å². The molecule has 0 heterocycles. The quantitative estimate of drug-likeness (QED) is 0.799. The number of anilines is 1. The highest BCUT2D eigenvalue weighted by Gasteiger charge is 2.10. The zero-order valence-electron chi connectivity index (χ0n) is 10.0. The third-order valence-electron chi connectivity index (χ3n) is 2.27. The van der Waals surface area contributed by atoms with E-state index < -0.39 is 11.8 Å². The number of carboxylic acid groups (broad SMARTS) is 1. The van der Waals surface area contributed by atoms with Gasteiger partial charge >= 0.3 is 5.97 Å². The summed E-state index contributed by atoms with van der Waals surface area (Å²) in [6.45, 7) is 0.279. The van der Waals surface area contributed by atoms with Gasteiger partial charge < -0.3 is 10.4 Å². The topological polar surface area (TPSA) is 69.6 Å². The van der Waals surface area contributed by atoms with Gasteiger partial charge in [-0.3, -0.25) is 14.5 Å². The van der Waals surface area contributed by atoms with E-state index in [1.807, 2.05) is 0 Å². The Hall–Kier alpha value is -1.95. The van der Waals surface area contributed by atoms with E-state index in [9.17, 15) is 14.0 Å². The van der Waals surface area contributed by atoms with Gasteiger partial charge in [0, 0.05) is 6.54 Å². The van der Waals surface area contributed by atoms with Crippen LogP contribution >= 0.6 is 0 Å². The van der Waals surface area contributed by atoms with Crippen LogP contribution in [0.3, 0.4) is 0 Å². The number of para-hydroxylation sites is 1. The monoisotopic (exact) mass is 254 g/mol. The van der Waals surface area contributed by atoms with E-state index in [1.165, 1.54) is 18.2 Å². The Labute approximate surface area is 104 Å². The molecule has 0 saturated carbocycles. The molecule has 0 aliphatic heterocycles. The van der Waals surface area contributed by atoms with Crippen molar-refractivity contribution in [3.63, 3.8) is 0 Å². The second-order valence-corrected chi connectivity index (χ2v) is 3.91. The lowest BCUT2D eigenvalue weighted by molar-refractivity contribution is -0.137. The van der Waals surface area contributed by atoms with Gasteiger partial charge in [0.05, 0.1) is 18.7 Å². The molecule has 0 aliphatic carbocycles. The van der Waals surface area contributed by atoms with Crippen LogP contribution in [0.15, 0.2) is 24.3 Å². The number of carbonyl (C=O) groups excluding carboxylic acids is 1. The summed E-state index contributed by atoms with van der Waals surface area (Å²) in [6, 6.07) is 5.87. The van der Waals surface area contributed by atoms with Crippen LogP contribution in [0.5, 0.6) is 0 Å². The number of aliphatic carboxylic acids is 1. The fraction of sp³-hybridized carbons (Fsp3) is 0.333. The Morgan fingerprint density at radius 3 is 2.67 bits per heavy atom. The number of benzene rings is 1. The first-order valence-corrected chi connectivity index (χ1v) is 5.43. The van der Waals surface area contributed by atoms with Crippen molar-refractivity contribution >= 4 is 17.6 Å². The molecule has 0 aliphatic rings. The van der Waals surface area contributed by atoms with Crippen LogP contribution in [0, 0.1) is 5.82 Å². The molecule has 0 atom stereocenters. The molecule has 98 valence electrons. The van der Waals surface area contributed by atoms with Gasteiger partial charge in [-0.25, -0.2) is 4.39 Å².